The molecule has 0 aliphatic rings. The Bertz CT molecular complexity index is 1420. The molecule has 8 nitrogen and oxygen atoms in total. The molecule has 0 radical (unpaired) electrons. The molecule has 1 unspecified atom stereocenters. The topological polar surface area (TPSA) is 89.4 Å². The first-order chi connectivity index (χ1) is 18.7. The number of aryl methyl sites for hydroxylation is 1. The Morgan fingerprint density at radius 3 is 2.38 bits per heavy atom. The SMILES string of the molecule is CCOc1ccc(C(C(=O)NC(C)(C)C)N(CCc2ccccc2C)C(=O)Cn2nnc3ccccc32)cc1. The van der Waals surface area contributed by atoms with Gasteiger partial charge in [0.25, 0.3) is 0 Å². The van der Waals surface area contributed by atoms with E-state index in [0.29, 0.717) is 36.4 Å². The van der Waals surface area contributed by atoms with Crippen molar-refractivity contribution in [2.24, 2.45) is 0 Å². The fraction of sp³-hybridized carbons (Fsp3) is 0.355. The lowest BCUT2D eigenvalue weighted by molar-refractivity contribution is -0.142. The van der Waals surface area contributed by atoms with Crippen molar-refractivity contribution in [2.75, 3.05) is 13.2 Å². The van der Waals surface area contributed by atoms with E-state index in [2.05, 4.69) is 34.7 Å². The quantitative estimate of drug-likeness (QED) is 0.318. The predicted molar refractivity (Wildman–Crippen MR) is 152 cm³/mol. The van der Waals surface area contributed by atoms with E-state index in [1.807, 2.05) is 88.4 Å². The number of hydrogen-bond donors (Lipinski definition) is 1. The summed E-state index contributed by atoms with van der Waals surface area (Å²) in [5.74, 6) is 0.249. The number of ether oxygens (including phenoxy) is 1. The summed E-state index contributed by atoms with van der Waals surface area (Å²) in [6.45, 7) is 10.6. The third kappa shape index (κ3) is 7.02. The van der Waals surface area contributed by atoms with Gasteiger partial charge >= 0.3 is 0 Å². The van der Waals surface area contributed by atoms with Gasteiger partial charge in [0.2, 0.25) is 11.8 Å². The molecule has 204 valence electrons. The number of nitrogens with one attached hydrogen (secondary N) is 1. The molecule has 0 saturated heterocycles. The molecule has 0 bridgehead atoms. The number of aromatic nitrogens is 3. The Morgan fingerprint density at radius 2 is 1.69 bits per heavy atom. The Balaban J connectivity index is 1.73. The molecular weight excluding hydrogens is 490 g/mol. The molecule has 0 aliphatic carbocycles. The van der Waals surface area contributed by atoms with Crippen LogP contribution in [0.25, 0.3) is 11.0 Å². The summed E-state index contributed by atoms with van der Waals surface area (Å²) in [6, 6.07) is 22.2. The summed E-state index contributed by atoms with van der Waals surface area (Å²) >= 11 is 0. The first-order valence-electron chi connectivity index (χ1n) is 13.3. The van der Waals surface area contributed by atoms with E-state index >= 15 is 0 Å². The zero-order valence-corrected chi connectivity index (χ0v) is 23.3. The molecule has 0 aliphatic heterocycles. The van der Waals surface area contributed by atoms with Gasteiger partial charge in [-0.05, 0) is 82.0 Å². The van der Waals surface area contributed by atoms with Gasteiger partial charge in [-0.2, -0.15) is 0 Å². The molecule has 4 aromatic rings. The van der Waals surface area contributed by atoms with Gasteiger partial charge in [-0.3, -0.25) is 9.59 Å². The van der Waals surface area contributed by atoms with Gasteiger partial charge in [0.15, 0.2) is 0 Å². The van der Waals surface area contributed by atoms with Gasteiger partial charge < -0.3 is 15.0 Å². The molecule has 1 heterocycles. The summed E-state index contributed by atoms with van der Waals surface area (Å²) in [4.78, 5) is 29.6. The van der Waals surface area contributed by atoms with E-state index in [0.717, 1.165) is 16.6 Å². The molecule has 2 amide bonds. The maximum absolute atomic E-state index is 14.0. The van der Waals surface area contributed by atoms with Crippen molar-refractivity contribution < 1.29 is 14.3 Å². The maximum atomic E-state index is 14.0. The van der Waals surface area contributed by atoms with E-state index in [9.17, 15) is 9.59 Å². The highest BCUT2D eigenvalue weighted by molar-refractivity contribution is 5.89. The van der Waals surface area contributed by atoms with Crippen LogP contribution in [-0.2, 0) is 22.6 Å². The Labute approximate surface area is 230 Å². The molecule has 8 heteroatoms. The van der Waals surface area contributed by atoms with Gasteiger partial charge in [0, 0.05) is 12.1 Å². The number of fused-ring (bicyclic) bond motifs is 1. The monoisotopic (exact) mass is 527 g/mol. The lowest BCUT2D eigenvalue weighted by atomic mass is 10.00. The molecule has 0 fully saturated rings. The van der Waals surface area contributed by atoms with E-state index in [1.54, 1.807) is 9.58 Å². The van der Waals surface area contributed by atoms with Crippen molar-refractivity contribution in [3.8, 4) is 5.75 Å². The molecule has 0 saturated carbocycles. The molecular formula is C31H37N5O3. The van der Waals surface area contributed by atoms with Crippen LogP contribution >= 0.6 is 0 Å². The molecule has 0 spiro atoms. The Kier molecular flexibility index (Phi) is 8.64. The third-order valence-electron chi connectivity index (χ3n) is 6.47. The summed E-state index contributed by atoms with van der Waals surface area (Å²) < 4.78 is 7.21. The van der Waals surface area contributed by atoms with Crippen LogP contribution in [0.5, 0.6) is 5.75 Å². The second-order valence-corrected chi connectivity index (χ2v) is 10.6. The number of amides is 2. The molecule has 4 rings (SSSR count). The highest BCUT2D eigenvalue weighted by atomic mass is 16.5. The first kappa shape index (κ1) is 27.8. The number of rotatable bonds is 10. The lowest BCUT2D eigenvalue weighted by Gasteiger charge is -2.34. The Morgan fingerprint density at radius 1 is 1.00 bits per heavy atom. The van der Waals surface area contributed by atoms with Crippen LogP contribution in [0.1, 0.15) is 50.4 Å². The largest absolute Gasteiger partial charge is 0.494 e. The molecule has 3 aromatic carbocycles. The van der Waals surface area contributed by atoms with Crippen molar-refractivity contribution in [3.63, 3.8) is 0 Å². The molecule has 1 N–H and O–H groups in total. The third-order valence-corrected chi connectivity index (χ3v) is 6.47. The van der Waals surface area contributed by atoms with Gasteiger partial charge in [0.05, 0.1) is 12.1 Å². The zero-order valence-electron chi connectivity index (χ0n) is 23.3. The average molecular weight is 528 g/mol. The van der Waals surface area contributed by atoms with Crippen LogP contribution in [0.15, 0.2) is 72.8 Å². The summed E-state index contributed by atoms with van der Waals surface area (Å²) in [5, 5.41) is 11.5. The highest BCUT2D eigenvalue weighted by Crippen LogP contribution is 2.26. The van der Waals surface area contributed by atoms with Crippen molar-refractivity contribution in [1.29, 1.82) is 0 Å². The fourth-order valence-electron chi connectivity index (χ4n) is 4.61. The normalized spacial score (nSPS) is 12.2. The predicted octanol–water partition coefficient (Wildman–Crippen LogP) is 4.87. The number of carbonyl (C=O) groups is 2. The van der Waals surface area contributed by atoms with Crippen LogP contribution in [0.3, 0.4) is 0 Å². The number of hydrogen-bond acceptors (Lipinski definition) is 5. The van der Waals surface area contributed by atoms with Crippen molar-refractivity contribution in [1.82, 2.24) is 25.2 Å². The zero-order chi connectivity index (χ0) is 28.0. The van der Waals surface area contributed by atoms with Crippen LogP contribution in [0.2, 0.25) is 0 Å². The Hall–Kier alpha value is -4.20. The second kappa shape index (κ2) is 12.1. The van der Waals surface area contributed by atoms with Gasteiger partial charge in [-0.25, -0.2) is 4.68 Å². The van der Waals surface area contributed by atoms with E-state index < -0.39 is 11.6 Å². The summed E-state index contributed by atoms with van der Waals surface area (Å²) in [7, 11) is 0. The minimum atomic E-state index is -0.841. The van der Waals surface area contributed by atoms with Gasteiger partial charge in [-0.15, -0.1) is 5.10 Å². The van der Waals surface area contributed by atoms with E-state index in [4.69, 9.17) is 4.74 Å². The van der Waals surface area contributed by atoms with Gasteiger partial charge in [0.1, 0.15) is 23.9 Å². The minimum Gasteiger partial charge on any atom is -0.494 e. The molecule has 39 heavy (non-hydrogen) atoms. The van der Waals surface area contributed by atoms with Crippen molar-refractivity contribution >= 4 is 22.8 Å². The number of benzene rings is 3. The van der Waals surface area contributed by atoms with Crippen LogP contribution < -0.4 is 10.1 Å². The summed E-state index contributed by atoms with van der Waals surface area (Å²) in [5.41, 5.74) is 3.98. The van der Waals surface area contributed by atoms with Crippen LogP contribution in [0, 0.1) is 6.92 Å². The number of para-hydroxylation sites is 1. The summed E-state index contributed by atoms with van der Waals surface area (Å²) in [6.07, 6.45) is 0.604. The van der Waals surface area contributed by atoms with E-state index in [-0.39, 0.29) is 18.4 Å². The lowest BCUT2D eigenvalue weighted by Crippen LogP contribution is -2.50. The minimum absolute atomic E-state index is 0.0371. The van der Waals surface area contributed by atoms with Crippen LogP contribution in [-0.4, -0.2) is 50.4 Å². The second-order valence-electron chi connectivity index (χ2n) is 10.6. The molecule has 1 aromatic heterocycles. The smallest absolute Gasteiger partial charge is 0.247 e. The molecule has 1 atom stereocenters. The van der Waals surface area contributed by atoms with Crippen molar-refractivity contribution in [2.45, 2.75) is 59.2 Å². The number of nitrogens with zero attached hydrogens (tertiary/aromatic N) is 4. The van der Waals surface area contributed by atoms with E-state index in [1.165, 1.54) is 0 Å². The average Bonchev–Trinajstić information content (AvgIpc) is 3.30. The first-order valence-corrected chi connectivity index (χ1v) is 13.3. The highest BCUT2D eigenvalue weighted by Gasteiger charge is 2.33. The standard InChI is InChI=1S/C31H37N5O3/c1-6-39-25-17-15-24(16-18-25)29(30(38)32-31(3,4)5)35(20-19-23-12-8-7-11-22(23)2)28(37)21-36-27-14-10-9-13-26(27)33-34-36/h7-18,29H,6,19-21H2,1-5H3,(H,32,38). The maximum Gasteiger partial charge on any atom is 0.247 e. The van der Waals surface area contributed by atoms with Gasteiger partial charge in [-0.1, -0.05) is 53.7 Å². The van der Waals surface area contributed by atoms with Crippen LogP contribution in [0.4, 0.5) is 0 Å². The number of carbonyl (C=O) groups excluding carboxylic acids is 2. The fourth-order valence-corrected chi connectivity index (χ4v) is 4.61. The van der Waals surface area contributed by atoms with Crippen molar-refractivity contribution in [3.05, 3.63) is 89.5 Å².